The monoisotopic (exact) mass is 256 g/mol. The molecule has 1 unspecified atom stereocenters. The van der Waals surface area contributed by atoms with Gasteiger partial charge < -0.3 is 9.47 Å². The maximum absolute atomic E-state index is 12.1. The molecule has 1 aromatic rings. The third-order valence-corrected chi connectivity index (χ3v) is 2.66. The lowest BCUT2D eigenvalue weighted by atomic mass is 10.1. The van der Waals surface area contributed by atoms with E-state index in [-0.39, 0.29) is 0 Å². The predicted molar refractivity (Wildman–Crippen MR) is 75.9 cm³/mol. The van der Waals surface area contributed by atoms with Gasteiger partial charge in [-0.3, -0.25) is 0 Å². The normalized spacial score (nSPS) is 12.7. The van der Waals surface area contributed by atoms with Gasteiger partial charge in [-0.1, -0.05) is 31.2 Å². The predicted octanol–water partition coefficient (Wildman–Crippen LogP) is 3.07. The Bertz CT molecular complexity index is 552. The van der Waals surface area contributed by atoms with Crippen LogP contribution in [0.15, 0.2) is 37.4 Å². The molecule has 0 aliphatic heterocycles. The average Bonchev–Trinajstić information content (AvgIpc) is 2.46. The van der Waals surface area contributed by atoms with Crippen LogP contribution in [0, 0.1) is 12.3 Å². The standard InChI is InChI=1S/C16H16O3/c1-6-12-9-10-14(18-5)13(11-12)15(17)19-16(4,7-2)8-3/h2,6,8-11H,1,3H2,4-5H3. The van der Waals surface area contributed by atoms with E-state index in [2.05, 4.69) is 19.1 Å². The van der Waals surface area contributed by atoms with Crippen molar-refractivity contribution in [3.05, 3.63) is 48.6 Å². The maximum Gasteiger partial charge on any atom is 0.343 e. The molecule has 0 aliphatic rings. The number of hydrogen-bond donors (Lipinski definition) is 0. The van der Waals surface area contributed by atoms with E-state index in [9.17, 15) is 4.79 Å². The van der Waals surface area contributed by atoms with Crippen LogP contribution in [0.1, 0.15) is 22.8 Å². The minimum atomic E-state index is -1.15. The Labute approximate surface area is 113 Å². The van der Waals surface area contributed by atoms with Gasteiger partial charge in [0.2, 0.25) is 0 Å². The lowest BCUT2D eigenvalue weighted by molar-refractivity contribution is 0.0280. The van der Waals surface area contributed by atoms with Crippen molar-refractivity contribution in [1.29, 1.82) is 0 Å². The molecular formula is C16H16O3. The minimum Gasteiger partial charge on any atom is -0.496 e. The molecule has 0 aromatic heterocycles. The fraction of sp³-hybridized carbons (Fsp3) is 0.188. The molecule has 0 saturated heterocycles. The summed E-state index contributed by atoms with van der Waals surface area (Å²) in [5.41, 5.74) is -0.0660. The summed E-state index contributed by atoms with van der Waals surface area (Å²) in [6, 6.07) is 5.10. The van der Waals surface area contributed by atoms with E-state index < -0.39 is 11.6 Å². The van der Waals surface area contributed by atoms with Gasteiger partial charge in [0.05, 0.1) is 7.11 Å². The fourth-order valence-electron chi connectivity index (χ4n) is 1.39. The first-order chi connectivity index (χ1) is 8.99. The molecule has 1 atom stereocenters. The summed E-state index contributed by atoms with van der Waals surface area (Å²) in [5.74, 6) is 2.22. The highest BCUT2D eigenvalue weighted by molar-refractivity contribution is 5.93. The third-order valence-electron chi connectivity index (χ3n) is 2.66. The Kier molecular flexibility index (Phi) is 4.55. The van der Waals surface area contributed by atoms with Crippen molar-refractivity contribution < 1.29 is 14.3 Å². The summed E-state index contributed by atoms with van der Waals surface area (Å²) in [6.07, 6.45) is 8.35. The zero-order valence-corrected chi connectivity index (χ0v) is 11.1. The first kappa shape index (κ1) is 14.6. The second-order valence-electron chi connectivity index (χ2n) is 4.01. The van der Waals surface area contributed by atoms with Gasteiger partial charge in [0.25, 0.3) is 0 Å². The Balaban J connectivity index is 3.15. The first-order valence-corrected chi connectivity index (χ1v) is 5.65. The molecule has 0 amide bonds. The molecule has 3 heteroatoms. The van der Waals surface area contributed by atoms with Crippen molar-refractivity contribution in [3.63, 3.8) is 0 Å². The summed E-state index contributed by atoms with van der Waals surface area (Å²) in [5, 5.41) is 0. The van der Waals surface area contributed by atoms with E-state index in [1.54, 1.807) is 31.2 Å². The smallest absolute Gasteiger partial charge is 0.343 e. The zero-order chi connectivity index (χ0) is 14.5. The number of rotatable bonds is 5. The SMILES string of the molecule is C#CC(C)(C=C)OC(=O)c1cc(C=C)ccc1OC. The van der Waals surface area contributed by atoms with Gasteiger partial charge in [0.15, 0.2) is 5.60 Å². The summed E-state index contributed by atoms with van der Waals surface area (Å²) >= 11 is 0. The number of hydrogen-bond acceptors (Lipinski definition) is 3. The van der Waals surface area contributed by atoms with Crippen LogP contribution in [-0.4, -0.2) is 18.7 Å². The van der Waals surface area contributed by atoms with Gasteiger partial charge in [-0.25, -0.2) is 4.79 Å². The van der Waals surface area contributed by atoms with Crippen LogP contribution in [0.2, 0.25) is 0 Å². The van der Waals surface area contributed by atoms with E-state index >= 15 is 0 Å². The Morgan fingerprint density at radius 1 is 1.47 bits per heavy atom. The molecule has 1 aromatic carbocycles. The van der Waals surface area contributed by atoms with Crippen molar-refractivity contribution in [3.8, 4) is 18.1 Å². The summed E-state index contributed by atoms with van der Waals surface area (Å²) in [7, 11) is 1.48. The summed E-state index contributed by atoms with van der Waals surface area (Å²) in [4.78, 5) is 12.1. The topological polar surface area (TPSA) is 35.5 Å². The molecule has 0 N–H and O–H groups in total. The Hall–Kier alpha value is -2.47. The van der Waals surface area contributed by atoms with E-state index in [0.717, 1.165) is 5.56 Å². The molecular weight excluding hydrogens is 240 g/mol. The van der Waals surface area contributed by atoms with Gasteiger partial charge in [-0.15, -0.1) is 6.42 Å². The Morgan fingerprint density at radius 2 is 2.16 bits per heavy atom. The van der Waals surface area contributed by atoms with Crippen LogP contribution in [0.3, 0.4) is 0 Å². The molecule has 1 rings (SSSR count). The minimum absolute atomic E-state index is 0.295. The fourth-order valence-corrected chi connectivity index (χ4v) is 1.39. The number of ether oxygens (including phenoxy) is 2. The van der Waals surface area contributed by atoms with Gasteiger partial charge >= 0.3 is 5.97 Å². The molecule has 0 fully saturated rings. The number of methoxy groups -OCH3 is 1. The molecule has 0 aliphatic carbocycles. The van der Waals surface area contributed by atoms with Crippen molar-refractivity contribution in [2.45, 2.75) is 12.5 Å². The van der Waals surface area contributed by atoms with Crippen LogP contribution < -0.4 is 4.74 Å². The second-order valence-corrected chi connectivity index (χ2v) is 4.01. The maximum atomic E-state index is 12.1. The van der Waals surface area contributed by atoms with Crippen LogP contribution in [0.4, 0.5) is 0 Å². The van der Waals surface area contributed by atoms with E-state index in [1.165, 1.54) is 13.2 Å². The third kappa shape index (κ3) is 3.26. The number of terminal acetylenes is 1. The lowest BCUT2D eigenvalue weighted by Gasteiger charge is -2.20. The number of esters is 1. The second kappa shape index (κ2) is 5.92. The van der Waals surface area contributed by atoms with Crippen molar-refractivity contribution in [2.75, 3.05) is 7.11 Å². The average molecular weight is 256 g/mol. The van der Waals surface area contributed by atoms with Crippen molar-refractivity contribution >= 4 is 12.0 Å². The number of carbonyl (C=O) groups is 1. The molecule has 98 valence electrons. The van der Waals surface area contributed by atoms with Crippen LogP contribution >= 0.6 is 0 Å². The molecule has 0 radical (unpaired) electrons. The molecule has 0 spiro atoms. The highest BCUT2D eigenvalue weighted by Crippen LogP contribution is 2.23. The first-order valence-electron chi connectivity index (χ1n) is 5.65. The van der Waals surface area contributed by atoms with E-state index in [4.69, 9.17) is 15.9 Å². The quantitative estimate of drug-likeness (QED) is 0.461. The highest BCUT2D eigenvalue weighted by atomic mass is 16.6. The van der Waals surface area contributed by atoms with Crippen LogP contribution in [-0.2, 0) is 4.74 Å². The molecule has 0 heterocycles. The zero-order valence-electron chi connectivity index (χ0n) is 11.1. The molecule has 0 saturated carbocycles. The largest absolute Gasteiger partial charge is 0.496 e. The van der Waals surface area contributed by atoms with Gasteiger partial charge in [-0.2, -0.15) is 0 Å². The van der Waals surface area contributed by atoms with Gasteiger partial charge in [-0.05, 0) is 30.7 Å². The lowest BCUT2D eigenvalue weighted by Crippen LogP contribution is -2.27. The summed E-state index contributed by atoms with van der Waals surface area (Å²) < 4.78 is 10.4. The van der Waals surface area contributed by atoms with Gasteiger partial charge in [0, 0.05) is 0 Å². The molecule has 19 heavy (non-hydrogen) atoms. The van der Waals surface area contributed by atoms with E-state index in [1.807, 2.05) is 0 Å². The van der Waals surface area contributed by atoms with Crippen molar-refractivity contribution in [1.82, 2.24) is 0 Å². The number of benzene rings is 1. The van der Waals surface area contributed by atoms with Crippen LogP contribution in [0.25, 0.3) is 6.08 Å². The molecule has 0 bridgehead atoms. The van der Waals surface area contributed by atoms with E-state index in [0.29, 0.717) is 11.3 Å². The highest BCUT2D eigenvalue weighted by Gasteiger charge is 2.25. The summed E-state index contributed by atoms with van der Waals surface area (Å²) in [6.45, 7) is 8.80. The Morgan fingerprint density at radius 3 is 2.63 bits per heavy atom. The number of carbonyl (C=O) groups excluding carboxylic acids is 1. The van der Waals surface area contributed by atoms with Crippen molar-refractivity contribution in [2.24, 2.45) is 0 Å². The molecule has 3 nitrogen and oxygen atoms in total. The van der Waals surface area contributed by atoms with Crippen LogP contribution in [0.5, 0.6) is 5.75 Å². The van der Waals surface area contributed by atoms with Gasteiger partial charge in [0.1, 0.15) is 11.3 Å².